The van der Waals surface area contributed by atoms with Crippen LogP contribution < -0.4 is 10.2 Å². The van der Waals surface area contributed by atoms with Gasteiger partial charge < -0.3 is 14.4 Å². The maximum Gasteiger partial charge on any atom is 0.169 e. The lowest BCUT2D eigenvalue weighted by molar-refractivity contribution is 0.214. The van der Waals surface area contributed by atoms with Crippen molar-refractivity contribution in [3.8, 4) is 0 Å². The zero-order valence-corrected chi connectivity index (χ0v) is 22.2. The van der Waals surface area contributed by atoms with Gasteiger partial charge in [-0.25, -0.2) is 0 Å². The summed E-state index contributed by atoms with van der Waals surface area (Å²) in [5, 5.41) is 5.28. The van der Waals surface area contributed by atoms with Gasteiger partial charge in [0.2, 0.25) is 0 Å². The Morgan fingerprint density at radius 1 is 0.935 bits per heavy atom. The maximum atomic E-state index is 3.88. The lowest BCUT2D eigenvalue weighted by atomic mass is 9.82. The summed E-state index contributed by atoms with van der Waals surface area (Å²) in [5.74, 6) is 0. The predicted molar refractivity (Wildman–Crippen MR) is 139 cm³/mol. The number of hydrogen-bond donors (Lipinski definition) is 1. The summed E-state index contributed by atoms with van der Waals surface area (Å²) < 4.78 is 2.78. The summed E-state index contributed by atoms with van der Waals surface area (Å²) >= 11 is 0. The van der Waals surface area contributed by atoms with E-state index in [1.54, 1.807) is 0 Å². The van der Waals surface area contributed by atoms with Crippen molar-refractivity contribution < 1.29 is 0 Å². The Bertz CT molecular complexity index is 889. The van der Waals surface area contributed by atoms with Gasteiger partial charge in [0.25, 0.3) is 0 Å². The molecule has 172 valence electrons. The number of benzene rings is 1. The molecule has 2 heterocycles. The molecule has 3 nitrogen and oxygen atoms in total. The highest BCUT2D eigenvalue weighted by Gasteiger charge is 2.46. The Balaban J connectivity index is 1.87. The van der Waals surface area contributed by atoms with Gasteiger partial charge in [0, 0.05) is 35.4 Å². The molecule has 1 aliphatic heterocycles. The van der Waals surface area contributed by atoms with Gasteiger partial charge >= 0.3 is 0 Å². The van der Waals surface area contributed by atoms with Crippen LogP contribution >= 0.6 is 0 Å². The molecule has 2 atom stereocenters. The fraction of sp³-hybridized carbons (Fsp3) is 0.704. The number of nitrogens with one attached hydrogen (secondary N) is 1. The zero-order valence-electron chi connectivity index (χ0n) is 21.2. The number of rotatable bonds is 5. The molecule has 1 saturated carbocycles. The average Bonchev–Trinajstić information content (AvgIpc) is 3.10. The van der Waals surface area contributed by atoms with E-state index in [0.29, 0.717) is 28.7 Å². The minimum atomic E-state index is -1.77. The molecule has 1 aromatic carbocycles. The second-order valence-electron chi connectivity index (χ2n) is 11.8. The fourth-order valence-electron chi connectivity index (χ4n) is 7.55. The van der Waals surface area contributed by atoms with Gasteiger partial charge in [0.15, 0.2) is 8.24 Å². The first-order chi connectivity index (χ1) is 14.6. The van der Waals surface area contributed by atoms with E-state index in [1.165, 1.54) is 42.3 Å². The minimum Gasteiger partial charge on any atom is -0.373 e. The SMILES string of the molecule is CC(C)[Si](C(C)C)(C(C)C)n1ccc2ccc(N3C4CCCCC4NCC3(C)C)cc21. The highest BCUT2D eigenvalue weighted by Crippen LogP contribution is 2.45. The van der Waals surface area contributed by atoms with Crippen LogP contribution in [0.3, 0.4) is 0 Å². The lowest BCUT2D eigenvalue weighted by Crippen LogP contribution is -2.68. The van der Waals surface area contributed by atoms with Crippen molar-refractivity contribution in [1.82, 2.24) is 9.55 Å². The third-order valence-corrected chi connectivity index (χ3v) is 15.4. The molecule has 2 unspecified atom stereocenters. The summed E-state index contributed by atoms with van der Waals surface area (Å²) in [6, 6.07) is 10.9. The molecule has 2 fully saturated rings. The second kappa shape index (κ2) is 8.26. The molecule has 1 saturated heterocycles. The molecule has 1 N–H and O–H groups in total. The molecule has 0 amide bonds. The topological polar surface area (TPSA) is 20.2 Å². The molecule has 0 spiro atoms. The van der Waals surface area contributed by atoms with Crippen LogP contribution in [0.4, 0.5) is 5.69 Å². The van der Waals surface area contributed by atoms with Crippen LogP contribution in [0.1, 0.15) is 81.1 Å². The van der Waals surface area contributed by atoms with Crippen LogP contribution in [0.15, 0.2) is 30.5 Å². The van der Waals surface area contributed by atoms with Gasteiger partial charge in [0.05, 0.1) is 0 Å². The van der Waals surface area contributed by atoms with Crippen molar-refractivity contribution in [3.63, 3.8) is 0 Å². The molecule has 2 aliphatic rings. The van der Waals surface area contributed by atoms with E-state index in [-0.39, 0.29) is 5.54 Å². The van der Waals surface area contributed by atoms with E-state index >= 15 is 0 Å². The predicted octanol–water partition coefficient (Wildman–Crippen LogP) is 7.16. The molecule has 0 bridgehead atoms. The highest BCUT2D eigenvalue weighted by molar-refractivity contribution is 6.82. The Morgan fingerprint density at radius 3 is 2.23 bits per heavy atom. The van der Waals surface area contributed by atoms with Crippen LogP contribution in [-0.4, -0.2) is 36.6 Å². The van der Waals surface area contributed by atoms with Gasteiger partial charge in [-0.15, -0.1) is 0 Å². The zero-order chi connectivity index (χ0) is 22.6. The van der Waals surface area contributed by atoms with E-state index in [2.05, 4.69) is 100 Å². The summed E-state index contributed by atoms with van der Waals surface area (Å²) in [7, 11) is -1.77. The summed E-state index contributed by atoms with van der Waals surface area (Å²) in [5.41, 5.74) is 5.11. The Morgan fingerprint density at radius 2 is 1.58 bits per heavy atom. The Hall–Kier alpha value is -1.26. The van der Waals surface area contributed by atoms with Crippen LogP contribution in [0.25, 0.3) is 10.9 Å². The first kappa shape index (κ1) is 22.9. The van der Waals surface area contributed by atoms with E-state index in [4.69, 9.17) is 0 Å². The molecular weight excluding hydrogens is 394 g/mol. The van der Waals surface area contributed by atoms with Crippen LogP contribution in [0.2, 0.25) is 16.6 Å². The van der Waals surface area contributed by atoms with Gasteiger partial charge in [-0.2, -0.15) is 0 Å². The van der Waals surface area contributed by atoms with Crippen LogP contribution in [0.5, 0.6) is 0 Å². The Labute approximate surface area is 191 Å². The third kappa shape index (κ3) is 3.58. The number of hydrogen-bond acceptors (Lipinski definition) is 2. The largest absolute Gasteiger partial charge is 0.373 e. The van der Waals surface area contributed by atoms with Crippen molar-refractivity contribution in [1.29, 1.82) is 0 Å². The monoisotopic (exact) mass is 439 g/mol. The van der Waals surface area contributed by atoms with E-state index in [1.807, 2.05) is 0 Å². The molecule has 0 radical (unpaired) electrons. The molecule has 2 aromatic rings. The number of nitrogens with zero attached hydrogens (tertiary/aromatic N) is 2. The number of anilines is 1. The van der Waals surface area contributed by atoms with E-state index in [0.717, 1.165) is 6.54 Å². The lowest BCUT2D eigenvalue weighted by Gasteiger charge is -2.55. The van der Waals surface area contributed by atoms with Gasteiger partial charge in [0.1, 0.15) is 0 Å². The average molecular weight is 440 g/mol. The minimum absolute atomic E-state index is 0.131. The number of aromatic nitrogens is 1. The summed E-state index contributed by atoms with van der Waals surface area (Å²) in [6.45, 7) is 20.7. The summed E-state index contributed by atoms with van der Waals surface area (Å²) in [6.07, 6.45) is 7.78. The van der Waals surface area contributed by atoms with Crippen LogP contribution in [-0.2, 0) is 0 Å². The first-order valence-corrected chi connectivity index (χ1v) is 14.9. The standard InChI is InChI=1S/C27H45N3Si/c1-19(2)31(20(3)4,21(5)6)29-16-15-22-13-14-23(17-26(22)29)30-25-12-10-9-11-24(25)28-18-27(30,7)8/h13-17,19-21,24-25,28H,9-12,18H2,1-8H3. The second-order valence-corrected chi connectivity index (χ2v) is 17.5. The van der Waals surface area contributed by atoms with Crippen molar-refractivity contribution in [2.45, 2.75) is 115 Å². The third-order valence-electron chi connectivity index (χ3n) is 8.66. The molecule has 31 heavy (non-hydrogen) atoms. The van der Waals surface area contributed by atoms with Gasteiger partial charge in [-0.05, 0) is 73.1 Å². The number of piperazine rings is 1. The molecule has 1 aliphatic carbocycles. The molecular formula is C27H45N3Si. The smallest absolute Gasteiger partial charge is 0.169 e. The van der Waals surface area contributed by atoms with E-state index in [9.17, 15) is 0 Å². The quantitative estimate of drug-likeness (QED) is 0.499. The maximum absolute atomic E-state index is 3.88. The van der Waals surface area contributed by atoms with Crippen molar-refractivity contribution >= 4 is 24.8 Å². The van der Waals surface area contributed by atoms with Crippen molar-refractivity contribution in [3.05, 3.63) is 30.5 Å². The first-order valence-electron chi connectivity index (χ1n) is 12.7. The molecule has 1 aromatic heterocycles. The highest BCUT2D eigenvalue weighted by atomic mass is 28.3. The Kier molecular flexibility index (Phi) is 6.11. The molecule has 4 heteroatoms. The van der Waals surface area contributed by atoms with Gasteiger partial charge in [-0.1, -0.05) is 60.5 Å². The van der Waals surface area contributed by atoms with Crippen LogP contribution in [0, 0.1) is 0 Å². The normalized spacial score (nSPS) is 24.4. The van der Waals surface area contributed by atoms with Gasteiger partial charge in [-0.3, -0.25) is 0 Å². The fourth-order valence-corrected chi connectivity index (χ4v) is 14.2. The number of fused-ring (bicyclic) bond motifs is 2. The van der Waals surface area contributed by atoms with E-state index < -0.39 is 8.24 Å². The van der Waals surface area contributed by atoms with Crippen molar-refractivity contribution in [2.75, 3.05) is 11.4 Å². The molecule has 4 rings (SSSR count). The summed E-state index contributed by atoms with van der Waals surface area (Å²) in [4.78, 5) is 2.79. The van der Waals surface area contributed by atoms with Crippen molar-refractivity contribution in [2.24, 2.45) is 0 Å².